The zero-order valence-electron chi connectivity index (χ0n) is 7.33. The van der Waals surface area contributed by atoms with Gasteiger partial charge in [0.25, 0.3) is 10.1 Å². The van der Waals surface area contributed by atoms with Crippen molar-refractivity contribution in [3.8, 4) is 0 Å². The predicted molar refractivity (Wildman–Crippen MR) is 43.9 cm³/mol. The first-order chi connectivity index (χ1) is 4.75. The molecule has 0 bridgehead atoms. The molecule has 0 aliphatic rings. The smallest absolute Gasteiger partial charge is 0.283 e. The van der Waals surface area contributed by atoms with E-state index in [1.165, 1.54) is 11.8 Å². The van der Waals surface area contributed by atoms with Gasteiger partial charge in [0.2, 0.25) is 0 Å². The van der Waals surface area contributed by atoms with Crippen molar-refractivity contribution < 1.29 is 13.0 Å². The summed E-state index contributed by atoms with van der Waals surface area (Å²) >= 11 is 0. The van der Waals surface area contributed by atoms with Crippen molar-refractivity contribution in [1.82, 2.24) is 4.90 Å². The van der Waals surface area contributed by atoms with Crippen LogP contribution in [0.3, 0.4) is 0 Å². The molecule has 0 fully saturated rings. The van der Waals surface area contributed by atoms with Crippen LogP contribution in [0.1, 0.15) is 20.3 Å². The Kier molecular flexibility index (Phi) is 3.05. The third-order valence-electron chi connectivity index (χ3n) is 2.16. The molecular weight excluding hydrogens is 166 g/mol. The van der Waals surface area contributed by atoms with Crippen LogP contribution in [0.4, 0.5) is 0 Å². The summed E-state index contributed by atoms with van der Waals surface area (Å²) in [5.74, 6) is 0. The van der Waals surface area contributed by atoms with E-state index >= 15 is 0 Å². The van der Waals surface area contributed by atoms with Gasteiger partial charge in [0.05, 0.1) is 0 Å². The monoisotopic (exact) mass is 181 g/mol. The van der Waals surface area contributed by atoms with Gasteiger partial charge >= 0.3 is 0 Å². The van der Waals surface area contributed by atoms with E-state index in [0.717, 1.165) is 0 Å². The highest BCUT2D eigenvalue weighted by molar-refractivity contribution is 7.87. The Morgan fingerprint density at radius 1 is 1.45 bits per heavy atom. The van der Waals surface area contributed by atoms with Crippen molar-refractivity contribution in [1.29, 1.82) is 0 Å². The molecular formula is C6H15NO3S. The van der Waals surface area contributed by atoms with Crippen LogP contribution in [-0.4, -0.2) is 36.8 Å². The Morgan fingerprint density at radius 2 is 1.82 bits per heavy atom. The van der Waals surface area contributed by atoms with E-state index in [2.05, 4.69) is 0 Å². The second-order valence-corrected chi connectivity index (χ2v) is 4.73. The average Bonchev–Trinajstić information content (AvgIpc) is 1.83. The van der Waals surface area contributed by atoms with Crippen LogP contribution >= 0.6 is 0 Å². The highest BCUT2D eigenvalue weighted by Crippen LogP contribution is 2.21. The Hall–Kier alpha value is -0.130. The number of hydrogen-bond acceptors (Lipinski definition) is 3. The van der Waals surface area contributed by atoms with Gasteiger partial charge in [0.1, 0.15) is 4.87 Å². The molecule has 5 heteroatoms. The molecule has 1 N–H and O–H groups in total. The largest absolute Gasteiger partial charge is 0.289 e. The highest BCUT2D eigenvalue weighted by Gasteiger charge is 2.38. The van der Waals surface area contributed by atoms with Crippen LogP contribution in [0.25, 0.3) is 0 Å². The summed E-state index contributed by atoms with van der Waals surface area (Å²) in [5, 5.41) is 0. The second kappa shape index (κ2) is 3.08. The summed E-state index contributed by atoms with van der Waals surface area (Å²) in [6, 6.07) is 0. The maximum Gasteiger partial charge on any atom is 0.283 e. The van der Waals surface area contributed by atoms with Gasteiger partial charge in [-0.1, -0.05) is 6.92 Å². The third-order valence-corrected chi connectivity index (χ3v) is 3.92. The zero-order valence-corrected chi connectivity index (χ0v) is 8.14. The topological polar surface area (TPSA) is 57.6 Å². The van der Waals surface area contributed by atoms with Crippen molar-refractivity contribution >= 4 is 10.1 Å². The molecule has 0 saturated carbocycles. The molecule has 0 saturated heterocycles. The Labute approximate surface area is 68.0 Å². The Morgan fingerprint density at radius 3 is 1.82 bits per heavy atom. The lowest BCUT2D eigenvalue weighted by Gasteiger charge is -2.31. The van der Waals surface area contributed by atoms with Crippen molar-refractivity contribution in [2.45, 2.75) is 25.1 Å². The fourth-order valence-corrected chi connectivity index (χ4v) is 1.56. The van der Waals surface area contributed by atoms with Crippen LogP contribution < -0.4 is 0 Å². The summed E-state index contributed by atoms with van der Waals surface area (Å²) in [4.78, 5) is 0.329. The van der Waals surface area contributed by atoms with E-state index < -0.39 is 15.0 Å². The fourth-order valence-electron chi connectivity index (χ4n) is 0.729. The maximum atomic E-state index is 10.8. The van der Waals surface area contributed by atoms with Gasteiger partial charge in [0, 0.05) is 0 Å². The lowest BCUT2D eigenvalue weighted by molar-refractivity contribution is 0.235. The maximum absolute atomic E-state index is 10.8. The molecule has 1 atom stereocenters. The molecule has 1 unspecified atom stereocenters. The van der Waals surface area contributed by atoms with Crippen LogP contribution in [-0.2, 0) is 10.1 Å². The van der Waals surface area contributed by atoms with Gasteiger partial charge in [-0.3, -0.25) is 9.45 Å². The molecule has 0 rings (SSSR count). The summed E-state index contributed by atoms with van der Waals surface area (Å²) in [5.41, 5.74) is 0. The second-order valence-electron chi connectivity index (χ2n) is 2.90. The minimum absolute atomic E-state index is 0.360. The van der Waals surface area contributed by atoms with E-state index in [0.29, 0.717) is 6.42 Å². The summed E-state index contributed by atoms with van der Waals surface area (Å²) < 4.78 is 30.5. The van der Waals surface area contributed by atoms with E-state index in [9.17, 15) is 8.42 Å². The lowest BCUT2D eigenvalue weighted by atomic mass is 10.2. The molecule has 0 heterocycles. The molecule has 0 aromatic rings. The number of nitrogens with zero attached hydrogens (tertiary/aromatic N) is 1. The van der Waals surface area contributed by atoms with Gasteiger partial charge in [-0.15, -0.1) is 0 Å². The summed E-state index contributed by atoms with van der Waals surface area (Å²) in [7, 11) is -0.743. The van der Waals surface area contributed by atoms with Crippen LogP contribution in [0.2, 0.25) is 0 Å². The summed E-state index contributed by atoms with van der Waals surface area (Å²) in [6.07, 6.45) is 0.360. The normalized spacial score (nSPS) is 18.4. The van der Waals surface area contributed by atoms with E-state index in [1.54, 1.807) is 21.0 Å². The molecule has 0 aliphatic heterocycles. The summed E-state index contributed by atoms with van der Waals surface area (Å²) in [6.45, 7) is 3.20. The van der Waals surface area contributed by atoms with Crippen molar-refractivity contribution in [3.05, 3.63) is 0 Å². The van der Waals surface area contributed by atoms with E-state index in [-0.39, 0.29) is 0 Å². The standard InChI is InChI=1S/C6H15NO3S/c1-5-6(2,7(3)4)11(8,9)10/h5H2,1-4H3,(H,8,9,10). The Balaban J connectivity index is 4.92. The molecule has 68 valence electrons. The molecule has 0 radical (unpaired) electrons. The van der Waals surface area contributed by atoms with Crippen molar-refractivity contribution in [3.63, 3.8) is 0 Å². The molecule has 0 aromatic heterocycles. The minimum atomic E-state index is -3.99. The SMILES string of the molecule is CCC(C)(N(C)C)S(=O)(=O)O. The quantitative estimate of drug-likeness (QED) is 0.646. The van der Waals surface area contributed by atoms with Crippen LogP contribution in [0.5, 0.6) is 0 Å². The number of rotatable bonds is 3. The Bertz CT molecular complexity index is 222. The fraction of sp³-hybridized carbons (Fsp3) is 1.00. The zero-order chi connectivity index (χ0) is 9.28. The third kappa shape index (κ3) is 1.91. The average molecular weight is 181 g/mol. The molecule has 0 amide bonds. The first-order valence-electron chi connectivity index (χ1n) is 3.40. The lowest BCUT2D eigenvalue weighted by Crippen LogP contribution is -2.47. The van der Waals surface area contributed by atoms with E-state index in [1.807, 2.05) is 0 Å². The minimum Gasteiger partial charge on any atom is -0.289 e. The first kappa shape index (κ1) is 10.9. The van der Waals surface area contributed by atoms with Crippen molar-refractivity contribution in [2.24, 2.45) is 0 Å². The van der Waals surface area contributed by atoms with Crippen LogP contribution in [0.15, 0.2) is 0 Å². The molecule has 0 spiro atoms. The molecule has 0 aliphatic carbocycles. The molecule has 11 heavy (non-hydrogen) atoms. The van der Waals surface area contributed by atoms with Crippen LogP contribution in [0, 0.1) is 0 Å². The van der Waals surface area contributed by atoms with Gasteiger partial charge in [0.15, 0.2) is 0 Å². The van der Waals surface area contributed by atoms with Gasteiger partial charge < -0.3 is 0 Å². The first-order valence-corrected chi connectivity index (χ1v) is 4.84. The number of hydrogen-bond donors (Lipinski definition) is 1. The molecule has 4 nitrogen and oxygen atoms in total. The molecule has 0 aromatic carbocycles. The van der Waals surface area contributed by atoms with Gasteiger partial charge in [-0.25, -0.2) is 0 Å². The van der Waals surface area contributed by atoms with Crippen molar-refractivity contribution in [2.75, 3.05) is 14.1 Å². The van der Waals surface area contributed by atoms with E-state index in [4.69, 9.17) is 4.55 Å². The van der Waals surface area contributed by atoms with Gasteiger partial charge in [-0.05, 0) is 27.4 Å². The van der Waals surface area contributed by atoms with Gasteiger partial charge in [-0.2, -0.15) is 8.42 Å². The highest BCUT2D eigenvalue weighted by atomic mass is 32.2. The predicted octanol–water partition coefficient (Wildman–Crippen LogP) is 0.562.